The maximum absolute atomic E-state index is 13.0. The second kappa shape index (κ2) is 9.02. The average molecular weight is 403 g/mol. The molecule has 2 amide bonds. The van der Waals surface area contributed by atoms with Crippen LogP contribution in [0.25, 0.3) is 0 Å². The lowest BCUT2D eigenvalue weighted by atomic mass is 10.1. The first kappa shape index (κ1) is 20.8. The predicted molar refractivity (Wildman–Crippen MR) is 103 cm³/mol. The molecule has 2 atom stereocenters. The Hall–Kier alpha value is -2.97. The largest absolute Gasteiger partial charge is 0.484 e. The summed E-state index contributed by atoms with van der Waals surface area (Å²) in [6.45, 7) is 5.91. The second-order valence-corrected chi connectivity index (χ2v) is 7.68. The van der Waals surface area contributed by atoms with Crippen molar-refractivity contribution >= 4 is 11.8 Å². The number of ether oxygens (including phenoxy) is 1. The maximum Gasteiger partial charge on any atom is 0.261 e. The normalized spacial score (nSPS) is 18.9. The lowest BCUT2D eigenvalue weighted by Crippen LogP contribution is -2.40. The molecule has 1 aliphatic heterocycles. The van der Waals surface area contributed by atoms with Crippen molar-refractivity contribution in [3.05, 3.63) is 41.7 Å². The lowest BCUT2D eigenvalue weighted by Gasteiger charge is -2.22. The van der Waals surface area contributed by atoms with E-state index in [1.165, 1.54) is 24.3 Å². The monoisotopic (exact) mass is 403 g/mol. The number of carbonyl (C=O) groups excluding carboxylic acids is 2. The molecule has 2 aromatic rings. The minimum Gasteiger partial charge on any atom is -0.484 e. The summed E-state index contributed by atoms with van der Waals surface area (Å²) in [6.07, 6.45) is 0.964. The molecule has 156 valence electrons. The first-order chi connectivity index (χ1) is 13.8. The number of hydrogen-bond donors (Lipinski definition) is 2. The number of rotatable bonds is 7. The summed E-state index contributed by atoms with van der Waals surface area (Å²) in [4.78, 5) is 31.0. The van der Waals surface area contributed by atoms with Crippen molar-refractivity contribution in [3.63, 3.8) is 0 Å². The molecule has 1 aromatic carbocycles. The fraction of sp³-hybridized carbons (Fsp3) is 0.500. The van der Waals surface area contributed by atoms with Crippen molar-refractivity contribution in [3.8, 4) is 5.75 Å². The molecule has 3 rings (SSSR count). The molecule has 2 N–H and O–H groups in total. The Kier molecular flexibility index (Phi) is 6.46. The number of nitrogens with one attached hydrogen (secondary N) is 2. The van der Waals surface area contributed by atoms with Crippen LogP contribution in [0.4, 0.5) is 4.39 Å². The average Bonchev–Trinajstić information content (AvgIpc) is 3.26. The summed E-state index contributed by atoms with van der Waals surface area (Å²) >= 11 is 0. The number of hydrogen-bond acceptors (Lipinski definition) is 5. The molecule has 1 fully saturated rings. The van der Waals surface area contributed by atoms with E-state index < -0.39 is 0 Å². The maximum atomic E-state index is 13.0. The molecule has 1 aliphatic rings. The Balaban J connectivity index is 1.67. The highest BCUT2D eigenvalue weighted by molar-refractivity contribution is 5.79. The molecule has 0 saturated carbocycles. The summed E-state index contributed by atoms with van der Waals surface area (Å²) < 4.78 is 18.5. The minimum atomic E-state index is -0.372. The summed E-state index contributed by atoms with van der Waals surface area (Å²) in [6, 6.07) is 4.95. The number of halogens is 1. The van der Waals surface area contributed by atoms with E-state index in [0.717, 1.165) is 0 Å². The van der Waals surface area contributed by atoms with Gasteiger partial charge in [-0.15, -0.1) is 0 Å². The van der Waals surface area contributed by atoms with Crippen molar-refractivity contribution in [2.45, 2.75) is 45.7 Å². The van der Waals surface area contributed by atoms with Gasteiger partial charge in [-0.1, -0.05) is 13.8 Å². The van der Waals surface area contributed by atoms with Gasteiger partial charge in [0, 0.05) is 19.0 Å². The van der Waals surface area contributed by atoms with Gasteiger partial charge in [0.25, 0.3) is 5.91 Å². The highest BCUT2D eigenvalue weighted by Crippen LogP contribution is 2.30. The first-order valence-corrected chi connectivity index (χ1v) is 9.68. The van der Waals surface area contributed by atoms with Crippen LogP contribution in [0.3, 0.4) is 0 Å². The number of nitrogens with zero attached hydrogens (tertiary/aromatic N) is 3. The van der Waals surface area contributed by atoms with Crippen molar-refractivity contribution in [2.75, 3.05) is 13.2 Å². The van der Waals surface area contributed by atoms with Gasteiger partial charge in [0.2, 0.25) is 5.91 Å². The number of aromatic amines is 1. The molecule has 0 aliphatic carbocycles. The molecule has 29 heavy (non-hydrogen) atoms. The van der Waals surface area contributed by atoms with Crippen LogP contribution in [0.5, 0.6) is 5.75 Å². The van der Waals surface area contributed by atoms with Crippen molar-refractivity contribution < 1.29 is 18.7 Å². The number of aromatic nitrogens is 3. The van der Waals surface area contributed by atoms with Crippen LogP contribution in [-0.2, 0) is 9.59 Å². The third-order valence-electron chi connectivity index (χ3n) is 4.67. The van der Waals surface area contributed by atoms with E-state index in [4.69, 9.17) is 4.74 Å². The van der Waals surface area contributed by atoms with E-state index in [-0.39, 0.29) is 42.2 Å². The van der Waals surface area contributed by atoms with Gasteiger partial charge in [0.05, 0.1) is 6.04 Å². The number of carbonyl (C=O) groups is 2. The first-order valence-electron chi connectivity index (χ1n) is 9.68. The molecule has 0 bridgehead atoms. The van der Waals surface area contributed by atoms with Crippen LogP contribution in [0.1, 0.15) is 44.4 Å². The summed E-state index contributed by atoms with van der Waals surface area (Å²) in [5.41, 5.74) is 0. The lowest BCUT2D eigenvalue weighted by molar-refractivity contribution is -0.134. The highest BCUT2D eigenvalue weighted by Gasteiger charge is 2.39. The third kappa shape index (κ3) is 5.52. The molecule has 0 spiro atoms. The minimum absolute atomic E-state index is 0.0354. The smallest absolute Gasteiger partial charge is 0.261 e. The van der Waals surface area contributed by atoms with Crippen molar-refractivity contribution in [2.24, 2.45) is 5.92 Å². The van der Waals surface area contributed by atoms with E-state index in [1.807, 2.05) is 13.8 Å². The van der Waals surface area contributed by atoms with Gasteiger partial charge in [0.15, 0.2) is 12.4 Å². The third-order valence-corrected chi connectivity index (χ3v) is 4.67. The van der Waals surface area contributed by atoms with E-state index in [0.29, 0.717) is 36.8 Å². The molecule has 2 heterocycles. The van der Waals surface area contributed by atoms with E-state index in [1.54, 1.807) is 11.8 Å². The van der Waals surface area contributed by atoms with Crippen LogP contribution in [0.15, 0.2) is 24.3 Å². The zero-order chi connectivity index (χ0) is 21.0. The second-order valence-electron chi connectivity index (χ2n) is 7.68. The summed E-state index contributed by atoms with van der Waals surface area (Å²) in [7, 11) is 0. The number of amides is 2. The summed E-state index contributed by atoms with van der Waals surface area (Å²) in [5.74, 6) is 1.17. The Morgan fingerprint density at radius 1 is 1.34 bits per heavy atom. The Bertz CT molecular complexity index is 852. The van der Waals surface area contributed by atoms with Crippen LogP contribution in [0.2, 0.25) is 0 Å². The van der Waals surface area contributed by atoms with Gasteiger partial charge in [-0.25, -0.2) is 9.37 Å². The molecule has 0 radical (unpaired) electrons. The quantitative estimate of drug-likeness (QED) is 0.738. The molecule has 0 unspecified atom stereocenters. The number of aryl methyl sites for hydroxylation is 1. The number of benzene rings is 1. The van der Waals surface area contributed by atoms with Crippen molar-refractivity contribution in [1.29, 1.82) is 0 Å². The number of likely N-dealkylation sites (tertiary alicyclic amines) is 1. The Morgan fingerprint density at radius 2 is 2.07 bits per heavy atom. The fourth-order valence-corrected chi connectivity index (χ4v) is 3.39. The van der Waals surface area contributed by atoms with Gasteiger partial charge in [0.1, 0.15) is 17.4 Å². The summed E-state index contributed by atoms with van der Waals surface area (Å²) in [5, 5.41) is 9.99. The highest BCUT2D eigenvalue weighted by atomic mass is 19.1. The van der Waals surface area contributed by atoms with Gasteiger partial charge in [-0.3, -0.25) is 14.7 Å². The molecule has 1 saturated heterocycles. The van der Waals surface area contributed by atoms with E-state index in [2.05, 4.69) is 20.5 Å². The number of H-pyrrole nitrogens is 1. The zero-order valence-electron chi connectivity index (χ0n) is 16.8. The molecule has 9 heteroatoms. The van der Waals surface area contributed by atoms with Gasteiger partial charge >= 0.3 is 0 Å². The Labute approximate surface area is 168 Å². The van der Waals surface area contributed by atoms with Gasteiger partial charge < -0.3 is 15.0 Å². The van der Waals surface area contributed by atoms with E-state index in [9.17, 15) is 14.0 Å². The zero-order valence-corrected chi connectivity index (χ0v) is 16.8. The van der Waals surface area contributed by atoms with Crippen LogP contribution < -0.4 is 10.1 Å². The SMILES string of the molecule is Cc1nc([C@@H]2C[C@H](NC(=O)CC(C)C)CN2C(=O)COc2ccc(F)cc2)n[nH]1. The molecular weight excluding hydrogens is 377 g/mol. The van der Waals surface area contributed by atoms with Crippen LogP contribution in [0, 0.1) is 18.7 Å². The topological polar surface area (TPSA) is 100 Å². The molecule has 1 aromatic heterocycles. The Morgan fingerprint density at radius 3 is 2.69 bits per heavy atom. The van der Waals surface area contributed by atoms with Gasteiger partial charge in [-0.2, -0.15) is 5.10 Å². The molecule has 8 nitrogen and oxygen atoms in total. The van der Waals surface area contributed by atoms with Gasteiger partial charge in [-0.05, 0) is 43.5 Å². The molecular formula is C20H26FN5O3. The fourth-order valence-electron chi connectivity index (χ4n) is 3.39. The van der Waals surface area contributed by atoms with E-state index >= 15 is 0 Å². The van der Waals surface area contributed by atoms with Crippen LogP contribution >= 0.6 is 0 Å². The predicted octanol–water partition coefficient (Wildman–Crippen LogP) is 2.14. The standard InChI is InChI=1S/C20H26FN5O3/c1-12(2)8-18(27)23-15-9-17(20-22-13(3)24-25-20)26(10-15)19(28)11-29-16-6-4-14(21)5-7-16/h4-7,12,15,17H,8-11H2,1-3H3,(H,23,27)(H,22,24,25)/t15-,17-/m0/s1. The van der Waals surface area contributed by atoms with Crippen LogP contribution in [-0.4, -0.2) is 51.1 Å². The van der Waals surface area contributed by atoms with Crippen molar-refractivity contribution in [1.82, 2.24) is 25.4 Å².